The SMILES string of the molecule is C=C(CO)C(=O)OC1CC1. The molecule has 0 heterocycles. The molecule has 0 unspecified atom stereocenters. The first kappa shape index (κ1) is 7.28. The Labute approximate surface area is 59.3 Å². The molecule has 0 atom stereocenters. The fraction of sp³-hybridized carbons (Fsp3) is 0.571. The van der Waals surface area contributed by atoms with Gasteiger partial charge < -0.3 is 9.84 Å². The van der Waals surface area contributed by atoms with Crippen LogP contribution in [0.25, 0.3) is 0 Å². The molecule has 1 aliphatic rings. The molecule has 3 heteroatoms. The van der Waals surface area contributed by atoms with Crippen molar-refractivity contribution in [3.05, 3.63) is 12.2 Å². The van der Waals surface area contributed by atoms with Gasteiger partial charge >= 0.3 is 5.97 Å². The van der Waals surface area contributed by atoms with Gasteiger partial charge in [-0.2, -0.15) is 0 Å². The Bertz CT molecular complexity index is 158. The van der Waals surface area contributed by atoms with Crippen molar-refractivity contribution in [2.24, 2.45) is 0 Å². The molecular weight excluding hydrogens is 132 g/mol. The summed E-state index contributed by atoms with van der Waals surface area (Å²) < 4.78 is 4.82. The first-order chi connectivity index (χ1) is 4.74. The molecule has 1 N–H and O–H groups in total. The van der Waals surface area contributed by atoms with Crippen LogP contribution in [0.2, 0.25) is 0 Å². The minimum Gasteiger partial charge on any atom is -0.459 e. The largest absolute Gasteiger partial charge is 0.459 e. The molecule has 0 spiro atoms. The lowest BCUT2D eigenvalue weighted by Gasteiger charge is -2.01. The summed E-state index contributed by atoms with van der Waals surface area (Å²) in [6.45, 7) is 3.02. The summed E-state index contributed by atoms with van der Waals surface area (Å²) >= 11 is 0. The maximum atomic E-state index is 10.7. The molecule has 1 aliphatic carbocycles. The molecular formula is C7H10O3. The van der Waals surface area contributed by atoms with Gasteiger partial charge in [0.1, 0.15) is 6.10 Å². The van der Waals surface area contributed by atoms with E-state index in [-0.39, 0.29) is 18.3 Å². The first-order valence-corrected chi connectivity index (χ1v) is 3.23. The first-order valence-electron chi connectivity index (χ1n) is 3.23. The molecule has 0 aromatic carbocycles. The van der Waals surface area contributed by atoms with E-state index in [0.717, 1.165) is 12.8 Å². The number of aliphatic hydroxyl groups excluding tert-OH is 1. The topological polar surface area (TPSA) is 46.5 Å². The second-order valence-electron chi connectivity index (χ2n) is 2.37. The number of carbonyl (C=O) groups excluding carboxylic acids is 1. The lowest BCUT2D eigenvalue weighted by molar-refractivity contribution is -0.140. The highest BCUT2D eigenvalue weighted by atomic mass is 16.5. The third-order valence-electron chi connectivity index (χ3n) is 1.28. The van der Waals surface area contributed by atoms with E-state index in [2.05, 4.69) is 6.58 Å². The Morgan fingerprint density at radius 1 is 1.70 bits per heavy atom. The highest BCUT2D eigenvalue weighted by Gasteiger charge is 2.26. The van der Waals surface area contributed by atoms with Crippen LogP contribution in [0.5, 0.6) is 0 Å². The minimum absolute atomic E-state index is 0.0933. The number of esters is 1. The van der Waals surface area contributed by atoms with Crippen molar-refractivity contribution in [1.82, 2.24) is 0 Å². The molecule has 0 radical (unpaired) electrons. The molecule has 1 fully saturated rings. The summed E-state index contributed by atoms with van der Waals surface area (Å²) in [5.41, 5.74) is 0.131. The second kappa shape index (κ2) is 2.84. The van der Waals surface area contributed by atoms with Crippen LogP contribution >= 0.6 is 0 Å². The highest BCUT2D eigenvalue weighted by Crippen LogP contribution is 2.24. The number of hydrogen-bond donors (Lipinski definition) is 1. The summed E-state index contributed by atoms with van der Waals surface area (Å²) in [4.78, 5) is 10.7. The fourth-order valence-electron chi connectivity index (χ4n) is 0.485. The summed E-state index contributed by atoms with van der Waals surface area (Å²) in [6, 6.07) is 0. The Hall–Kier alpha value is -0.830. The van der Waals surface area contributed by atoms with E-state index in [1.807, 2.05) is 0 Å². The van der Waals surface area contributed by atoms with Crippen LogP contribution in [-0.4, -0.2) is 23.8 Å². The Morgan fingerprint density at radius 2 is 2.30 bits per heavy atom. The Balaban J connectivity index is 2.25. The summed E-state index contributed by atoms with van der Waals surface area (Å²) in [5, 5.41) is 8.44. The predicted octanol–water partition coefficient (Wildman–Crippen LogP) is 0.240. The average Bonchev–Trinajstić information content (AvgIpc) is 2.70. The molecule has 1 rings (SSSR count). The van der Waals surface area contributed by atoms with Crippen LogP contribution in [0.4, 0.5) is 0 Å². The van der Waals surface area contributed by atoms with Crippen molar-refractivity contribution in [2.75, 3.05) is 6.61 Å². The van der Waals surface area contributed by atoms with Crippen LogP contribution in [0.1, 0.15) is 12.8 Å². The van der Waals surface area contributed by atoms with Gasteiger partial charge in [-0.05, 0) is 12.8 Å². The molecule has 0 amide bonds. The molecule has 0 saturated heterocycles. The van der Waals surface area contributed by atoms with Gasteiger partial charge in [0, 0.05) is 0 Å². The molecule has 0 aromatic rings. The lowest BCUT2D eigenvalue weighted by atomic mass is 10.3. The van der Waals surface area contributed by atoms with Gasteiger partial charge in [0.2, 0.25) is 0 Å². The Morgan fingerprint density at radius 3 is 2.70 bits per heavy atom. The second-order valence-corrected chi connectivity index (χ2v) is 2.37. The maximum Gasteiger partial charge on any atom is 0.336 e. The van der Waals surface area contributed by atoms with Gasteiger partial charge in [-0.3, -0.25) is 0 Å². The van der Waals surface area contributed by atoms with E-state index >= 15 is 0 Å². The third-order valence-corrected chi connectivity index (χ3v) is 1.28. The number of carbonyl (C=O) groups is 1. The minimum atomic E-state index is -0.468. The summed E-state index contributed by atoms with van der Waals surface area (Å²) in [5.74, 6) is -0.468. The zero-order valence-electron chi connectivity index (χ0n) is 5.67. The molecule has 1 saturated carbocycles. The summed E-state index contributed by atoms with van der Waals surface area (Å²) in [6.07, 6.45) is 1.99. The monoisotopic (exact) mass is 142 g/mol. The number of aliphatic hydroxyl groups is 1. The van der Waals surface area contributed by atoms with Gasteiger partial charge in [-0.15, -0.1) is 0 Å². The average molecular weight is 142 g/mol. The van der Waals surface area contributed by atoms with Gasteiger partial charge in [0.05, 0.1) is 12.2 Å². The fourth-order valence-corrected chi connectivity index (χ4v) is 0.485. The lowest BCUT2D eigenvalue weighted by Crippen LogP contribution is -2.10. The number of ether oxygens (including phenoxy) is 1. The molecule has 56 valence electrons. The van der Waals surface area contributed by atoms with E-state index in [0.29, 0.717) is 0 Å². The van der Waals surface area contributed by atoms with Gasteiger partial charge in [0.15, 0.2) is 0 Å². The van der Waals surface area contributed by atoms with Crippen LogP contribution in [0.3, 0.4) is 0 Å². The van der Waals surface area contributed by atoms with Gasteiger partial charge in [-0.1, -0.05) is 6.58 Å². The van der Waals surface area contributed by atoms with Crippen molar-refractivity contribution < 1.29 is 14.6 Å². The van der Waals surface area contributed by atoms with Crippen molar-refractivity contribution in [3.63, 3.8) is 0 Å². The molecule has 10 heavy (non-hydrogen) atoms. The maximum absolute atomic E-state index is 10.7. The molecule has 0 aliphatic heterocycles. The Kier molecular flexibility index (Phi) is 2.06. The van der Waals surface area contributed by atoms with E-state index < -0.39 is 5.97 Å². The van der Waals surface area contributed by atoms with Crippen molar-refractivity contribution in [3.8, 4) is 0 Å². The highest BCUT2D eigenvalue weighted by molar-refractivity contribution is 5.88. The predicted molar refractivity (Wildman–Crippen MR) is 35.3 cm³/mol. The van der Waals surface area contributed by atoms with Crippen molar-refractivity contribution in [2.45, 2.75) is 18.9 Å². The third kappa shape index (κ3) is 1.84. The van der Waals surface area contributed by atoms with E-state index in [1.54, 1.807) is 0 Å². The summed E-state index contributed by atoms with van der Waals surface area (Å²) in [7, 11) is 0. The molecule has 0 bridgehead atoms. The van der Waals surface area contributed by atoms with Gasteiger partial charge in [0.25, 0.3) is 0 Å². The number of hydrogen-bond acceptors (Lipinski definition) is 3. The zero-order chi connectivity index (χ0) is 7.56. The quantitative estimate of drug-likeness (QED) is 0.453. The van der Waals surface area contributed by atoms with Crippen molar-refractivity contribution >= 4 is 5.97 Å². The number of rotatable bonds is 3. The van der Waals surface area contributed by atoms with Crippen LogP contribution in [0, 0.1) is 0 Å². The zero-order valence-corrected chi connectivity index (χ0v) is 5.67. The van der Waals surface area contributed by atoms with Crippen molar-refractivity contribution in [1.29, 1.82) is 0 Å². The van der Waals surface area contributed by atoms with Crippen LogP contribution in [0.15, 0.2) is 12.2 Å². The van der Waals surface area contributed by atoms with Crippen LogP contribution < -0.4 is 0 Å². The van der Waals surface area contributed by atoms with E-state index in [4.69, 9.17) is 9.84 Å². The van der Waals surface area contributed by atoms with E-state index in [1.165, 1.54) is 0 Å². The standard InChI is InChI=1S/C7H10O3/c1-5(4-8)7(9)10-6-2-3-6/h6,8H,1-4H2. The van der Waals surface area contributed by atoms with Crippen LogP contribution in [-0.2, 0) is 9.53 Å². The normalized spacial score (nSPS) is 16.5. The smallest absolute Gasteiger partial charge is 0.336 e. The molecule has 3 nitrogen and oxygen atoms in total. The van der Waals surface area contributed by atoms with Gasteiger partial charge in [-0.25, -0.2) is 4.79 Å². The molecule has 0 aromatic heterocycles. The van der Waals surface area contributed by atoms with E-state index in [9.17, 15) is 4.79 Å².